The lowest BCUT2D eigenvalue weighted by atomic mass is 9.37. The predicted molar refractivity (Wildman–Crippen MR) is 209 cm³/mol. The molecule has 291 valence electrons. The summed E-state index contributed by atoms with van der Waals surface area (Å²) in [6.45, 7) is 20.8. The fourth-order valence-electron chi connectivity index (χ4n) is 11.2. The number of hydrogen-bond acceptors (Lipinski definition) is 7. The number of carbonyl (C=O) groups is 2. The lowest BCUT2D eigenvalue weighted by Crippen LogP contribution is -2.61. The predicted octanol–water partition coefficient (Wildman–Crippen LogP) is 7.02. The normalized spacial score (nSPS) is 35.3. The van der Waals surface area contributed by atoms with Gasteiger partial charge in [-0.1, -0.05) is 45.8 Å². The zero-order valence-corrected chi connectivity index (χ0v) is 33.5. The van der Waals surface area contributed by atoms with E-state index < -0.39 is 0 Å². The smallest absolute Gasteiger partial charge is 0.303 e. The zero-order valence-electron chi connectivity index (χ0n) is 33.5. The summed E-state index contributed by atoms with van der Waals surface area (Å²) < 4.78 is 6.20. The quantitative estimate of drug-likeness (QED) is 0.0422. The Hall–Kier alpha value is -1.74. The number of unbranched alkanes of at least 4 members (excludes halogenated alkanes) is 3. The van der Waals surface area contributed by atoms with Crippen LogP contribution in [0.2, 0.25) is 0 Å². The van der Waals surface area contributed by atoms with E-state index in [1.807, 2.05) is 0 Å². The number of ether oxygens (including phenoxy) is 1. The summed E-state index contributed by atoms with van der Waals surface area (Å²) in [5.74, 6) is 1.13. The first-order chi connectivity index (χ1) is 24.3. The molecule has 0 bridgehead atoms. The highest BCUT2D eigenvalue weighted by Crippen LogP contribution is 2.74. The van der Waals surface area contributed by atoms with Gasteiger partial charge in [0.15, 0.2) is 0 Å². The summed E-state index contributed by atoms with van der Waals surface area (Å²) in [6, 6.07) is 0. The van der Waals surface area contributed by atoms with Crippen LogP contribution in [0.5, 0.6) is 0 Å². The summed E-state index contributed by atoms with van der Waals surface area (Å²) in [6.07, 6.45) is 18.1. The molecule has 6 N–H and O–H groups in total. The van der Waals surface area contributed by atoms with Crippen molar-refractivity contribution >= 4 is 11.9 Å². The van der Waals surface area contributed by atoms with Crippen LogP contribution >= 0.6 is 0 Å². The number of rotatable bonds is 19. The first-order valence-corrected chi connectivity index (χ1v) is 20.7. The maximum Gasteiger partial charge on any atom is 0.303 e. The summed E-state index contributed by atoms with van der Waals surface area (Å²) >= 11 is 0. The highest BCUT2D eigenvalue weighted by atomic mass is 16.5. The van der Waals surface area contributed by atoms with Crippen molar-refractivity contribution in [1.29, 1.82) is 0 Å². The number of fused-ring (bicyclic) bond motifs is 5. The molecule has 0 saturated heterocycles. The molecule has 1 radical (unpaired) electrons. The van der Waals surface area contributed by atoms with Gasteiger partial charge >= 0.3 is 5.97 Å². The van der Waals surface area contributed by atoms with Gasteiger partial charge in [-0.2, -0.15) is 0 Å². The Morgan fingerprint density at radius 1 is 0.922 bits per heavy atom. The maximum atomic E-state index is 14.2. The number of carbonyl (C=O) groups excluding carboxylic acids is 2. The lowest BCUT2D eigenvalue weighted by Gasteiger charge is -2.67. The molecule has 4 fully saturated rings. The van der Waals surface area contributed by atoms with Gasteiger partial charge in [0, 0.05) is 19.0 Å². The average molecular weight is 712 g/mol. The van der Waals surface area contributed by atoms with Gasteiger partial charge in [0.25, 0.3) is 0 Å². The fraction of sp³-hybridized carbons (Fsp3) is 0.837. The molecular formula is C43H75N4O4. The van der Waals surface area contributed by atoms with Gasteiger partial charge in [0.1, 0.15) is 6.10 Å². The maximum absolute atomic E-state index is 14.2. The van der Waals surface area contributed by atoms with Crippen molar-refractivity contribution < 1.29 is 19.4 Å². The number of amides is 1. The van der Waals surface area contributed by atoms with Crippen LogP contribution in [0.15, 0.2) is 22.8 Å². The van der Waals surface area contributed by atoms with Crippen molar-refractivity contribution in [3.05, 3.63) is 29.2 Å². The van der Waals surface area contributed by atoms with Gasteiger partial charge in [-0.05, 0) is 182 Å². The highest BCUT2D eigenvalue weighted by Gasteiger charge is 2.68. The van der Waals surface area contributed by atoms with Gasteiger partial charge in [0.2, 0.25) is 5.91 Å². The van der Waals surface area contributed by atoms with Crippen molar-refractivity contribution in [3.8, 4) is 0 Å². The standard InChI is InChI=1S/C43H75N4O4/c1-30(2)15-13-16-33(40(50)47-28-14-27-46-26-12-11-25-45-24-10-8-9-23-44)39-35-17-18-38-41(5)21-20-36(49)31(3)34(41)19-22-42(38,6)43(35,7)29-37(39)51-32(4)48/h15,18,31,34-38,45-46,49H,8-14,16-17,19-29,44H2,1-7H3,(H,47,50)/b39-33-/t31-,34?,35?,36+,37-,38?,41-,42-,43-/m0/s1. The number of hydrogen-bond donors (Lipinski definition) is 5. The molecule has 0 heterocycles. The number of aliphatic hydroxyl groups is 1. The molecule has 4 aliphatic carbocycles. The van der Waals surface area contributed by atoms with Crippen LogP contribution in [0, 0.1) is 46.3 Å². The van der Waals surface area contributed by atoms with E-state index in [9.17, 15) is 14.7 Å². The molecule has 0 aromatic rings. The molecule has 1 amide bonds. The van der Waals surface area contributed by atoms with E-state index in [0.717, 1.165) is 114 Å². The molecule has 0 spiro atoms. The molecule has 8 nitrogen and oxygen atoms in total. The average Bonchev–Trinajstić information content (AvgIpc) is 3.36. The second-order valence-corrected chi connectivity index (χ2v) is 17.7. The van der Waals surface area contributed by atoms with Crippen molar-refractivity contribution in [1.82, 2.24) is 16.0 Å². The van der Waals surface area contributed by atoms with Gasteiger partial charge < -0.3 is 31.5 Å². The number of aliphatic hydroxyl groups excluding tert-OH is 1. The van der Waals surface area contributed by atoms with E-state index >= 15 is 0 Å². The summed E-state index contributed by atoms with van der Waals surface area (Å²) in [5.41, 5.74) is 8.77. The third-order valence-corrected chi connectivity index (χ3v) is 14.2. The molecule has 0 aromatic heterocycles. The Labute approximate surface area is 311 Å². The Kier molecular flexibility index (Phi) is 15.7. The van der Waals surface area contributed by atoms with E-state index in [4.69, 9.17) is 10.5 Å². The van der Waals surface area contributed by atoms with Crippen LogP contribution in [-0.4, -0.2) is 68.5 Å². The van der Waals surface area contributed by atoms with Crippen LogP contribution in [0.4, 0.5) is 0 Å². The molecule has 4 aliphatic rings. The first-order valence-electron chi connectivity index (χ1n) is 20.7. The van der Waals surface area contributed by atoms with E-state index in [1.54, 1.807) is 0 Å². The van der Waals surface area contributed by atoms with Crippen molar-refractivity contribution in [2.75, 3.05) is 39.3 Å². The molecule has 9 atom stereocenters. The van der Waals surface area contributed by atoms with Crippen molar-refractivity contribution in [2.24, 2.45) is 45.7 Å². The fourth-order valence-corrected chi connectivity index (χ4v) is 11.2. The van der Waals surface area contributed by atoms with Gasteiger partial charge in [-0.3, -0.25) is 9.59 Å². The minimum absolute atomic E-state index is 0.00383. The Morgan fingerprint density at radius 3 is 2.24 bits per heavy atom. The summed E-state index contributed by atoms with van der Waals surface area (Å²) in [4.78, 5) is 26.8. The monoisotopic (exact) mass is 712 g/mol. The van der Waals surface area contributed by atoms with E-state index in [1.165, 1.54) is 25.3 Å². The molecule has 4 saturated carbocycles. The minimum atomic E-state index is -0.381. The lowest BCUT2D eigenvalue weighted by molar-refractivity contribution is -0.180. The molecule has 0 aliphatic heterocycles. The zero-order chi connectivity index (χ0) is 37.2. The van der Waals surface area contributed by atoms with Gasteiger partial charge in [0.05, 0.1) is 6.10 Å². The van der Waals surface area contributed by atoms with Crippen LogP contribution < -0.4 is 21.7 Å². The number of allylic oxidation sites excluding steroid dienone is 2. The molecule has 3 unspecified atom stereocenters. The van der Waals surface area contributed by atoms with E-state index in [-0.39, 0.29) is 46.2 Å². The van der Waals surface area contributed by atoms with Crippen LogP contribution in [0.25, 0.3) is 0 Å². The van der Waals surface area contributed by atoms with Crippen molar-refractivity contribution in [2.45, 2.75) is 151 Å². The largest absolute Gasteiger partial charge is 0.458 e. The molecule has 8 heteroatoms. The van der Waals surface area contributed by atoms with Crippen LogP contribution in [-0.2, 0) is 14.3 Å². The number of nitrogens with one attached hydrogen (secondary N) is 3. The Balaban J connectivity index is 1.45. The van der Waals surface area contributed by atoms with Crippen molar-refractivity contribution in [3.63, 3.8) is 0 Å². The highest BCUT2D eigenvalue weighted by molar-refractivity contribution is 5.94. The van der Waals surface area contributed by atoms with E-state index in [0.29, 0.717) is 30.7 Å². The second-order valence-electron chi connectivity index (χ2n) is 17.7. The third kappa shape index (κ3) is 9.69. The molecule has 4 rings (SSSR count). The molecule has 51 heavy (non-hydrogen) atoms. The van der Waals surface area contributed by atoms with E-state index in [2.05, 4.69) is 70.0 Å². The Morgan fingerprint density at radius 2 is 1.59 bits per heavy atom. The van der Waals surface area contributed by atoms with Crippen LogP contribution in [0.1, 0.15) is 138 Å². The molecule has 0 aromatic carbocycles. The van der Waals surface area contributed by atoms with Gasteiger partial charge in [-0.25, -0.2) is 0 Å². The number of nitrogens with two attached hydrogens (primary N) is 1. The second kappa shape index (κ2) is 19.0. The topological polar surface area (TPSA) is 126 Å². The summed E-state index contributed by atoms with van der Waals surface area (Å²) in [7, 11) is 0. The minimum Gasteiger partial charge on any atom is -0.458 e. The SMILES string of the molecule is CC(=O)O[C@H]1C[C@@]2(C)C(C[CH]C3[C@@]4(C)CC[C@@H](O)[C@@H](C)C4CC[C@@]32C)/C1=C(\CCC=C(C)C)C(=O)NCCCNCCCCNCCCCCN. The van der Waals surface area contributed by atoms with Gasteiger partial charge in [-0.15, -0.1) is 0 Å². The molecular weight excluding hydrogens is 636 g/mol. The van der Waals surface area contributed by atoms with Crippen LogP contribution in [0.3, 0.4) is 0 Å². The Bertz CT molecular complexity index is 1210. The third-order valence-electron chi connectivity index (χ3n) is 14.2. The number of esters is 1. The summed E-state index contributed by atoms with van der Waals surface area (Å²) in [5, 5.41) is 21.2. The first kappa shape index (κ1) is 42.0.